The molecular weight excluding hydrogens is 160 g/mol. The fraction of sp³-hybridized carbons (Fsp3) is 1.00. The minimum atomic E-state index is -0.0347. The summed E-state index contributed by atoms with van der Waals surface area (Å²) in [6.07, 6.45) is 6.11. The lowest BCUT2D eigenvalue weighted by molar-refractivity contribution is 0.0329. The van der Waals surface area contributed by atoms with Crippen molar-refractivity contribution in [2.75, 3.05) is 0 Å². The molecule has 1 N–H and O–H groups in total. The van der Waals surface area contributed by atoms with Crippen LogP contribution in [-0.2, 0) is 0 Å². The van der Waals surface area contributed by atoms with E-state index in [-0.39, 0.29) is 6.10 Å². The summed E-state index contributed by atoms with van der Waals surface area (Å²) in [5, 5.41) is 10.2. The second kappa shape index (κ2) is 4.99. The molecule has 0 spiro atoms. The van der Waals surface area contributed by atoms with Crippen LogP contribution in [-0.4, -0.2) is 11.2 Å². The van der Waals surface area contributed by atoms with Crippen LogP contribution in [0, 0.1) is 17.8 Å². The van der Waals surface area contributed by atoms with Gasteiger partial charge in [-0.2, -0.15) is 0 Å². The normalized spacial score (nSPS) is 31.2. The molecule has 1 nitrogen and oxygen atoms in total. The van der Waals surface area contributed by atoms with Crippen molar-refractivity contribution in [3.05, 3.63) is 0 Å². The lowest BCUT2D eigenvalue weighted by Gasteiger charge is -2.28. The molecule has 1 saturated carbocycles. The summed E-state index contributed by atoms with van der Waals surface area (Å²) in [7, 11) is 0. The van der Waals surface area contributed by atoms with Crippen LogP contribution in [0.15, 0.2) is 0 Å². The van der Waals surface area contributed by atoms with Gasteiger partial charge in [-0.3, -0.25) is 0 Å². The van der Waals surface area contributed by atoms with Crippen molar-refractivity contribution in [2.24, 2.45) is 17.8 Å². The summed E-state index contributed by atoms with van der Waals surface area (Å²) in [6, 6.07) is 0. The van der Waals surface area contributed by atoms with Gasteiger partial charge in [0, 0.05) is 0 Å². The van der Waals surface area contributed by atoms with Crippen LogP contribution in [0.25, 0.3) is 0 Å². The molecule has 0 amide bonds. The lowest BCUT2D eigenvalue weighted by Crippen LogP contribution is -2.30. The molecule has 0 aromatic rings. The Kier molecular flexibility index (Phi) is 4.24. The molecule has 3 atom stereocenters. The Morgan fingerprint density at radius 2 is 1.85 bits per heavy atom. The molecule has 1 aliphatic rings. The van der Waals surface area contributed by atoms with Gasteiger partial charge in [-0.25, -0.2) is 0 Å². The van der Waals surface area contributed by atoms with Gasteiger partial charge in [0.1, 0.15) is 0 Å². The van der Waals surface area contributed by atoms with E-state index in [2.05, 4.69) is 20.8 Å². The highest BCUT2D eigenvalue weighted by molar-refractivity contribution is 4.83. The van der Waals surface area contributed by atoms with E-state index in [0.29, 0.717) is 11.8 Å². The first-order valence-corrected chi connectivity index (χ1v) is 5.88. The molecule has 0 radical (unpaired) electrons. The molecule has 1 heteroatoms. The molecule has 13 heavy (non-hydrogen) atoms. The first kappa shape index (κ1) is 11.0. The van der Waals surface area contributed by atoms with Crippen molar-refractivity contribution >= 4 is 0 Å². The van der Waals surface area contributed by atoms with E-state index in [1.807, 2.05) is 0 Å². The van der Waals surface area contributed by atoms with Crippen molar-refractivity contribution in [3.63, 3.8) is 0 Å². The summed E-state index contributed by atoms with van der Waals surface area (Å²) >= 11 is 0. The quantitative estimate of drug-likeness (QED) is 0.711. The fourth-order valence-corrected chi connectivity index (χ4v) is 2.80. The highest BCUT2D eigenvalue weighted by atomic mass is 16.3. The number of hydrogen-bond acceptors (Lipinski definition) is 1. The second-order valence-electron chi connectivity index (χ2n) is 4.64. The molecule has 1 rings (SSSR count). The van der Waals surface area contributed by atoms with Crippen LogP contribution >= 0.6 is 0 Å². The third-order valence-corrected chi connectivity index (χ3v) is 3.90. The largest absolute Gasteiger partial charge is 0.393 e. The average Bonchev–Trinajstić information content (AvgIpc) is 2.53. The minimum Gasteiger partial charge on any atom is -0.393 e. The third kappa shape index (κ3) is 2.46. The number of rotatable bonds is 4. The van der Waals surface area contributed by atoms with E-state index in [1.165, 1.54) is 19.3 Å². The Labute approximate surface area is 82.5 Å². The number of aliphatic hydroxyl groups excluding tert-OH is 1. The van der Waals surface area contributed by atoms with Gasteiger partial charge in [0.15, 0.2) is 0 Å². The maximum absolute atomic E-state index is 10.2. The fourth-order valence-electron chi connectivity index (χ4n) is 2.80. The Hall–Kier alpha value is -0.0400. The molecule has 0 saturated heterocycles. The van der Waals surface area contributed by atoms with Gasteiger partial charge < -0.3 is 5.11 Å². The van der Waals surface area contributed by atoms with Crippen LogP contribution in [0.3, 0.4) is 0 Å². The summed E-state index contributed by atoms with van der Waals surface area (Å²) in [5.74, 6) is 1.87. The van der Waals surface area contributed by atoms with E-state index in [1.54, 1.807) is 0 Å². The van der Waals surface area contributed by atoms with E-state index in [0.717, 1.165) is 18.8 Å². The standard InChI is InChI=1S/C12H24O/c1-4-10(5-2)12(13)11-8-6-7-9(11)3/h9-13H,4-8H2,1-3H3. The molecule has 0 heterocycles. The Bertz CT molecular complexity index is 140. The summed E-state index contributed by atoms with van der Waals surface area (Å²) in [6.45, 7) is 6.68. The van der Waals surface area contributed by atoms with Crippen LogP contribution in [0.4, 0.5) is 0 Å². The zero-order valence-corrected chi connectivity index (χ0v) is 9.29. The van der Waals surface area contributed by atoms with Crippen LogP contribution in [0.1, 0.15) is 52.9 Å². The minimum absolute atomic E-state index is 0.0347. The van der Waals surface area contributed by atoms with Gasteiger partial charge in [-0.1, -0.05) is 46.5 Å². The highest BCUT2D eigenvalue weighted by Crippen LogP contribution is 2.37. The number of hydrogen-bond donors (Lipinski definition) is 1. The zero-order valence-electron chi connectivity index (χ0n) is 9.29. The zero-order chi connectivity index (χ0) is 9.84. The molecule has 0 aromatic heterocycles. The van der Waals surface area contributed by atoms with Crippen molar-refractivity contribution in [1.29, 1.82) is 0 Å². The monoisotopic (exact) mass is 184 g/mol. The summed E-state index contributed by atoms with van der Waals surface area (Å²) < 4.78 is 0. The molecule has 1 fully saturated rings. The van der Waals surface area contributed by atoms with Gasteiger partial charge in [0.2, 0.25) is 0 Å². The highest BCUT2D eigenvalue weighted by Gasteiger charge is 2.32. The predicted octanol–water partition coefficient (Wildman–Crippen LogP) is 3.22. The van der Waals surface area contributed by atoms with Gasteiger partial charge >= 0.3 is 0 Å². The summed E-state index contributed by atoms with van der Waals surface area (Å²) in [4.78, 5) is 0. The van der Waals surface area contributed by atoms with Gasteiger partial charge in [0.25, 0.3) is 0 Å². The topological polar surface area (TPSA) is 20.2 Å². The van der Waals surface area contributed by atoms with Crippen molar-refractivity contribution in [3.8, 4) is 0 Å². The van der Waals surface area contributed by atoms with Gasteiger partial charge in [-0.15, -0.1) is 0 Å². The molecule has 0 bridgehead atoms. The Morgan fingerprint density at radius 3 is 2.23 bits per heavy atom. The average molecular weight is 184 g/mol. The molecular formula is C12H24O. The van der Waals surface area contributed by atoms with Crippen molar-refractivity contribution in [1.82, 2.24) is 0 Å². The number of aliphatic hydroxyl groups is 1. The van der Waals surface area contributed by atoms with E-state index in [4.69, 9.17) is 0 Å². The Balaban J connectivity index is 2.49. The van der Waals surface area contributed by atoms with Crippen LogP contribution < -0.4 is 0 Å². The van der Waals surface area contributed by atoms with Crippen molar-refractivity contribution in [2.45, 2.75) is 59.0 Å². The maximum Gasteiger partial charge on any atom is 0.0598 e. The SMILES string of the molecule is CCC(CC)C(O)C1CCCC1C. The van der Waals surface area contributed by atoms with E-state index in [9.17, 15) is 5.11 Å². The molecule has 0 aromatic carbocycles. The first-order valence-electron chi connectivity index (χ1n) is 5.88. The lowest BCUT2D eigenvalue weighted by atomic mass is 9.82. The predicted molar refractivity (Wildman–Crippen MR) is 56.6 cm³/mol. The molecule has 78 valence electrons. The smallest absolute Gasteiger partial charge is 0.0598 e. The van der Waals surface area contributed by atoms with Gasteiger partial charge in [-0.05, 0) is 24.2 Å². The van der Waals surface area contributed by atoms with Crippen LogP contribution in [0.5, 0.6) is 0 Å². The maximum atomic E-state index is 10.2. The third-order valence-electron chi connectivity index (χ3n) is 3.90. The van der Waals surface area contributed by atoms with E-state index >= 15 is 0 Å². The summed E-state index contributed by atoms with van der Waals surface area (Å²) in [5.41, 5.74) is 0. The first-order chi connectivity index (χ1) is 6.20. The molecule has 1 aliphatic carbocycles. The van der Waals surface area contributed by atoms with Crippen LogP contribution in [0.2, 0.25) is 0 Å². The molecule has 0 aliphatic heterocycles. The Morgan fingerprint density at radius 1 is 1.23 bits per heavy atom. The second-order valence-corrected chi connectivity index (χ2v) is 4.64. The van der Waals surface area contributed by atoms with Crippen molar-refractivity contribution < 1.29 is 5.11 Å². The van der Waals surface area contributed by atoms with Gasteiger partial charge in [0.05, 0.1) is 6.10 Å². The van der Waals surface area contributed by atoms with E-state index < -0.39 is 0 Å². The molecule has 3 unspecified atom stereocenters.